The highest BCUT2D eigenvalue weighted by molar-refractivity contribution is 5.14. The maximum Gasteiger partial charge on any atom is 0.0547 e. The molecule has 1 aliphatic heterocycles. The summed E-state index contributed by atoms with van der Waals surface area (Å²) in [5.74, 6) is 0. The fourth-order valence-electron chi connectivity index (χ4n) is 3.01. The molecule has 2 rings (SSSR count). The van der Waals surface area contributed by atoms with Gasteiger partial charge in [0.05, 0.1) is 6.61 Å². The van der Waals surface area contributed by atoms with Crippen LogP contribution in [0.1, 0.15) is 25.8 Å². The van der Waals surface area contributed by atoms with Gasteiger partial charge in [-0.3, -0.25) is 0 Å². The number of benzene rings is 1. The van der Waals surface area contributed by atoms with Gasteiger partial charge in [0, 0.05) is 37.7 Å². The lowest BCUT2D eigenvalue weighted by Crippen LogP contribution is -2.45. The van der Waals surface area contributed by atoms with Gasteiger partial charge in [0.1, 0.15) is 0 Å². The normalized spacial score (nSPS) is 22.3. The standard InChI is InChI=1S/C18H30N2O/c1-16(2)19-13-18(10-12-21-15-18)14-20(3)11-9-17-7-5-4-6-8-17/h4-8,16,19H,9-15H2,1-3H3. The van der Waals surface area contributed by atoms with Crippen molar-refractivity contribution < 1.29 is 4.74 Å². The van der Waals surface area contributed by atoms with E-state index in [1.807, 2.05) is 0 Å². The van der Waals surface area contributed by atoms with Crippen molar-refractivity contribution in [3.63, 3.8) is 0 Å². The molecule has 0 aromatic heterocycles. The zero-order valence-corrected chi connectivity index (χ0v) is 13.8. The Bertz CT molecular complexity index is 399. The molecule has 0 saturated carbocycles. The van der Waals surface area contributed by atoms with Crippen molar-refractivity contribution in [2.75, 3.05) is 39.9 Å². The van der Waals surface area contributed by atoms with Crippen molar-refractivity contribution in [3.05, 3.63) is 35.9 Å². The predicted octanol–water partition coefficient (Wildman–Crippen LogP) is 2.57. The second kappa shape index (κ2) is 7.92. The van der Waals surface area contributed by atoms with Gasteiger partial charge in [0.15, 0.2) is 0 Å². The monoisotopic (exact) mass is 290 g/mol. The topological polar surface area (TPSA) is 24.5 Å². The van der Waals surface area contributed by atoms with Crippen molar-refractivity contribution in [1.29, 1.82) is 0 Å². The molecule has 118 valence electrons. The van der Waals surface area contributed by atoms with E-state index in [9.17, 15) is 0 Å². The van der Waals surface area contributed by atoms with E-state index in [0.29, 0.717) is 6.04 Å². The Balaban J connectivity index is 1.82. The van der Waals surface area contributed by atoms with Crippen LogP contribution in [0.3, 0.4) is 0 Å². The molecule has 1 fully saturated rings. The van der Waals surface area contributed by atoms with Crippen molar-refractivity contribution in [1.82, 2.24) is 10.2 Å². The van der Waals surface area contributed by atoms with Gasteiger partial charge in [-0.1, -0.05) is 44.2 Å². The molecular formula is C18H30N2O. The fourth-order valence-corrected chi connectivity index (χ4v) is 3.01. The molecule has 0 radical (unpaired) electrons. The maximum absolute atomic E-state index is 5.69. The largest absolute Gasteiger partial charge is 0.381 e. The van der Waals surface area contributed by atoms with Gasteiger partial charge in [0.2, 0.25) is 0 Å². The first-order chi connectivity index (χ1) is 10.1. The van der Waals surface area contributed by atoms with Gasteiger partial charge in [0.25, 0.3) is 0 Å². The minimum Gasteiger partial charge on any atom is -0.381 e. The third-order valence-corrected chi connectivity index (χ3v) is 4.30. The van der Waals surface area contributed by atoms with Crippen molar-refractivity contribution in [2.45, 2.75) is 32.7 Å². The lowest BCUT2D eigenvalue weighted by atomic mass is 9.86. The molecule has 1 saturated heterocycles. The van der Waals surface area contributed by atoms with Crippen LogP contribution in [0, 0.1) is 5.41 Å². The molecular weight excluding hydrogens is 260 g/mol. The molecule has 1 unspecified atom stereocenters. The highest BCUT2D eigenvalue weighted by atomic mass is 16.5. The summed E-state index contributed by atoms with van der Waals surface area (Å²) in [4.78, 5) is 2.46. The minimum atomic E-state index is 0.287. The second-order valence-electron chi connectivity index (χ2n) is 6.81. The number of ether oxygens (including phenoxy) is 1. The minimum absolute atomic E-state index is 0.287. The molecule has 1 atom stereocenters. The number of rotatable bonds is 8. The van der Waals surface area contributed by atoms with E-state index in [-0.39, 0.29) is 5.41 Å². The van der Waals surface area contributed by atoms with E-state index in [2.05, 4.69) is 61.4 Å². The first-order valence-corrected chi connectivity index (χ1v) is 8.13. The SMILES string of the molecule is CC(C)NCC1(CN(C)CCc2ccccc2)CCOC1. The van der Waals surface area contributed by atoms with Crippen LogP contribution in [-0.2, 0) is 11.2 Å². The van der Waals surface area contributed by atoms with Gasteiger partial charge in [-0.05, 0) is 25.5 Å². The number of likely N-dealkylation sites (N-methyl/N-ethyl adjacent to an activating group) is 1. The molecule has 1 aromatic rings. The summed E-state index contributed by atoms with van der Waals surface area (Å²) in [7, 11) is 2.23. The van der Waals surface area contributed by atoms with E-state index in [1.165, 1.54) is 12.0 Å². The first-order valence-electron chi connectivity index (χ1n) is 8.13. The van der Waals surface area contributed by atoms with Crippen LogP contribution >= 0.6 is 0 Å². The molecule has 0 spiro atoms. The Morgan fingerprint density at radius 1 is 1.29 bits per heavy atom. The molecule has 1 aromatic carbocycles. The van der Waals surface area contributed by atoms with Crippen molar-refractivity contribution in [2.24, 2.45) is 5.41 Å². The molecule has 3 nitrogen and oxygen atoms in total. The Labute approximate surface area is 129 Å². The average molecular weight is 290 g/mol. The summed E-state index contributed by atoms with van der Waals surface area (Å²) in [6.45, 7) is 9.49. The van der Waals surface area contributed by atoms with Crippen LogP contribution in [0.5, 0.6) is 0 Å². The quantitative estimate of drug-likeness (QED) is 0.796. The first kappa shape index (κ1) is 16.5. The third-order valence-electron chi connectivity index (χ3n) is 4.30. The smallest absolute Gasteiger partial charge is 0.0547 e. The lowest BCUT2D eigenvalue weighted by molar-refractivity contribution is 0.117. The second-order valence-corrected chi connectivity index (χ2v) is 6.81. The molecule has 1 aliphatic rings. The Hall–Kier alpha value is -0.900. The van der Waals surface area contributed by atoms with Crippen LogP contribution in [-0.4, -0.2) is 50.8 Å². The number of nitrogens with one attached hydrogen (secondary N) is 1. The van der Waals surface area contributed by atoms with E-state index in [1.54, 1.807) is 0 Å². The van der Waals surface area contributed by atoms with Gasteiger partial charge in [-0.2, -0.15) is 0 Å². The van der Waals surface area contributed by atoms with Crippen LogP contribution < -0.4 is 5.32 Å². The molecule has 0 amide bonds. The zero-order chi connectivity index (χ0) is 15.1. The molecule has 0 bridgehead atoms. The van der Waals surface area contributed by atoms with Crippen LogP contribution in [0.2, 0.25) is 0 Å². The van der Waals surface area contributed by atoms with Gasteiger partial charge in [-0.15, -0.1) is 0 Å². The van der Waals surface area contributed by atoms with Gasteiger partial charge >= 0.3 is 0 Å². The summed E-state index contributed by atoms with van der Waals surface area (Å²) in [6.07, 6.45) is 2.29. The maximum atomic E-state index is 5.69. The van der Waals surface area contributed by atoms with E-state index in [0.717, 1.165) is 39.3 Å². The third kappa shape index (κ3) is 5.42. The number of hydrogen-bond donors (Lipinski definition) is 1. The summed E-state index contributed by atoms with van der Waals surface area (Å²) < 4.78 is 5.69. The molecule has 1 heterocycles. The number of nitrogens with zero attached hydrogens (tertiary/aromatic N) is 1. The molecule has 0 aliphatic carbocycles. The van der Waals surface area contributed by atoms with Crippen molar-refractivity contribution in [3.8, 4) is 0 Å². The van der Waals surface area contributed by atoms with Crippen LogP contribution in [0.15, 0.2) is 30.3 Å². The molecule has 21 heavy (non-hydrogen) atoms. The zero-order valence-electron chi connectivity index (χ0n) is 13.8. The van der Waals surface area contributed by atoms with E-state index >= 15 is 0 Å². The lowest BCUT2D eigenvalue weighted by Gasteiger charge is -2.33. The summed E-state index contributed by atoms with van der Waals surface area (Å²) in [5.41, 5.74) is 1.71. The Morgan fingerprint density at radius 2 is 2.05 bits per heavy atom. The van der Waals surface area contributed by atoms with Crippen molar-refractivity contribution >= 4 is 0 Å². The summed E-state index contributed by atoms with van der Waals surface area (Å²) in [5, 5.41) is 3.60. The van der Waals surface area contributed by atoms with Crippen LogP contribution in [0.25, 0.3) is 0 Å². The highest BCUT2D eigenvalue weighted by Crippen LogP contribution is 2.29. The Morgan fingerprint density at radius 3 is 2.67 bits per heavy atom. The van der Waals surface area contributed by atoms with Gasteiger partial charge < -0.3 is 15.0 Å². The summed E-state index contributed by atoms with van der Waals surface area (Å²) in [6, 6.07) is 11.3. The number of hydrogen-bond acceptors (Lipinski definition) is 3. The van der Waals surface area contributed by atoms with E-state index in [4.69, 9.17) is 4.74 Å². The predicted molar refractivity (Wildman–Crippen MR) is 88.7 cm³/mol. The highest BCUT2D eigenvalue weighted by Gasteiger charge is 2.35. The Kier molecular flexibility index (Phi) is 6.22. The average Bonchev–Trinajstić information content (AvgIpc) is 2.93. The van der Waals surface area contributed by atoms with Gasteiger partial charge in [-0.25, -0.2) is 0 Å². The van der Waals surface area contributed by atoms with Crippen LogP contribution in [0.4, 0.5) is 0 Å². The van der Waals surface area contributed by atoms with E-state index < -0.39 is 0 Å². The summed E-state index contributed by atoms with van der Waals surface area (Å²) >= 11 is 0. The fraction of sp³-hybridized carbons (Fsp3) is 0.667. The molecule has 3 heteroatoms. The molecule has 1 N–H and O–H groups in total.